The molecule has 0 spiro atoms. The smallest absolute Gasteiger partial charge is 0.319 e. The van der Waals surface area contributed by atoms with Crippen LogP contribution in [0, 0.1) is 0 Å². The first-order valence-corrected chi connectivity index (χ1v) is 7.19. The summed E-state index contributed by atoms with van der Waals surface area (Å²) in [5, 5.41) is 14.8. The highest BCUT2D eigenvalue weighted by Gasteiger charge is 2.06. The summed E-state index contributed by atoms with van der Waals surface area (Å²) in [6.45, 7) is 0.469. The lowest BCUT2D eigenvalue weighted by atomic mass is 10.2. The van der Waals surface area contributed by atoms with Crippen LogP contribution in [0.3, 0.4) is 0 Å². The Labute approximate surface area is 133 Å². The summed E-state index contributed by atoms with van der Waals surface area (Å²) in [5.74, 6) is 0.639. The molecule has 3 N–H and O–H groups in total. The zero-order valence-corrected chi connectivity index (χ0v) is 12.6. The Bertz CT molecular complexity index is 634. The zero-order valence-electron chi connectivity index (χ0n) is 11.9. The number of para-hydroxylation sites is 1. The van der Waals surface area contributed by atoms with Crippen molar-refractivity contribution in [1.82, 2.24) is 5.32 Å². The summed E-state index contributed by atoms with van der Waals surface area (Å²) >= 11 is 5.86. The van der Waals surface area contributed by atoms with E-state index in [9.17, 15) is 4.79 Å². The number of halogens is 1. The lowest BCUT2D eigenvalue weighted by molar-refractivity contribution is 0.200. The number of carbonyl (C=O) groups excluding carboxylic acids is 1. The van der Waals surface area contributed by atoms with Gasteiger partial charge in [-0.15, -0.1) is 0 Å². The Kier molecular flexibility index (Phi) is 6.06. The van der Waals surface area contributed by atoms with E-state index in [4.69, 9.17) is 21.4 Å². The second kappa shape index (κ2) is 8.26. The van der Waals surface area contributed by atoms with Gasteiger partial charge in [-0.1, -0.05) is 35.9 Å². The van der Waals surface area contributed by atoms with Crippen molar-refractivity contribution in [2.24, 2.45) is 0 Å². The predicted octanol–water partition coefficient (Wildman–Crippen LogP) is 3.03. The van der Waals surface area contributed by atoms with Gasteiger partial charge in [-0.05, 0) is 24.3 Å². The summed E-state index contributed by atoms with van der Waals surface area (Å²) in [4.78, 5) is 11.9. The molecule has 0 aliphatic rings. The maximum Gasteiger partial charge on any atom is 0.319 e. The van der Waals surface area contributed by atoms with E-state index >= 15 is 0 Å². The summed E-state index contributed by atoms with van der Waals surface area (Å²) in [6.07, 6.45) is 0. The maximum atomic E-state index is 11.9. The Hall–Kier alpha value is -2.24. The average Bonchev–Trinajstić information content (AvgIpc) is 2.51. The summed E-state index contributed by atoms with van der Waals surface area (Å²) < 4.78 is 5.41. The highest BCUT2D eigenvalue weighted by molar-refractivity contribution is 6.30. The standard InChI is InChI=1S/C16H17ClN2O3/c17-13-5-3-6-14(10-13)19-16(21)18-11-12-4-1-2-7-15(12)22-9-8-20/h1-7,10,20H,8-9,11H2,(H2,18,19,21). The van der Waals surface area contributed by atoms with Crippen LogP contribution < -0.4 is 15.4 Å². The minimum absolute atomic E-state index is 0.0585. The van der Waals surface area contributed by atoms with Crippen molar-refractivity contribution >= 4 is 23.3 Å². The number of nitrogens with one attached hydrogen (secondary N) is 2. The molecule has 0 saturated carbocycles. The van der Waals surface area contributed by atoms with Crippen LogP contribution in [0.4, 0.5) is 10.5 Å². The molecule has 2 amide bonds. The van der Waals surface area contributed by atoms with E-state index in [1.807, 2.05) is 18.2 Å². The van der Waals surface area contributed by atoms with Crippen LogP contribution in [0.15, 0.2) is 48.5 Å². The fourth-order valence-corrected chi connectivity index (χ4v) is 2.05. The first-order chi connectivity index (χ1) is 10.7. The Balaban J connectivity index is 1.91. The molecular weight excluding hydrogens is 304 g/mol. The number of hydrogen-bond donors (Lipinski definition) is 3. The van der Waals surface area contributed by atoms with Crippen molar-refractivity contribution in [3.63, 3.8) is 0 Å². The molecule has 116 valence electrons. The number of hydrogen-bond acceptors (Lipinski definition) is 3. The van der Waals surface area contributed by atoms with Gasteiger partial charge in [0.25, 0.3) is 0 Å². The third-order valence-corrected chi connectivity index (χ3v) is 3.08. The van der Waals surface area contributed by atoms with Gasteiger partial charge in [0, 0.05) is 22.8 Å². The van der Waals surface area contributed by atoms with Gasteiger partial charge >= 0.3 is 6.03 Å². The highest BCUT2D eigenvalue weighted by Crippen LogP contribution is 2.18. The van der Waals surface area contributed by atoms with Crippen LogP contribution in [-0.2, 0) is 6.54 Å². The van der Waals surface area contributed by atoms with E-state index < -0.39 is 0 Å². The van der Waals surface area contributed by atoms with E-state index in [2.05, 4.69) is 10.6 Å². The minimum Gasteiger partial charge on any atom is -0.491 e. The monoisotopic (exact) mass is 320 g/mol. The SMILES string of the molecule is O=C(NCc1ccccc1OCCO)Nc1cccc(Cl)c1. The average molecular weight is 321 g/mol. The summed E-state index contributed by atoms with van der Waals surface area (Å²) in [7, 11) is 0. The van der Waals surface area contributed by atoms with E-state index in [0.29, 0.717) is 23.0 Å². The molecule has 0 bridgehead atoms. The fraction of sp³-hybridized carbons (Fsp3) is 0.188. The molecule has 22 heavy (non-hydrogen) atoms. The van der Waals surface area contributed by atoms with Crippen LogP contribution in [0.2, 0.25) is 5.02 Å². The maximum absolute atomic E-state index is 11.9. The molecule has 0 saturated heterocycles. The van der Waals surface area contributed by atoms with Gasteiger partial charge in [0.2, 0.25) is 0 Å². The second-order valence-electron chi connectivity index (χ2n) is 4.50. The van der Waals surface area contributed by atoms with Crippen molar-refractivity contribution in [3.8, 4) is 5.75 Å². The van der Waals surface area contributed by atoms with Crippen molar-refractivity contribution in [2.75, 3.05) is 18.5 Å². The molecule has 0 atom stereocenters. The third-order valence-electron chi connectivity index (χ3n) is 2.84. The topological polar surface area (TPSA) is 70.6 Å². The number of urea groups is 1. The first kappa shape index (κ1) is 16.1. The van der Waals surface area contributed by atoms with E-state index in [-0.39, 0.29) is 19.2 Å². The molecular formula is C16H17ClN2O3. The number of carbonyl (C=O) groups is 1. The molecule has 2 rings (SSSR count). The Morgan fingerprint density at radius 1 is 1.18 bits per heavy atom. The second-order valence-corrected chi connectivity index (χ2v) is 4.93. The molecule has 2 aromatic rings. The number of ether oxygens (including phenoxy) is 1. The highest BCUT2D eigenvalue weighted by atomic mass is 35.5. The van der Waals surface area contributed by atoms with Gasteiger partial charge in [0.15, 0.2) is 0 Å². The summed E-state index contributed by atoms with van der Waals surface area (Å²) in [5.41, 5.74) is 1.45. The van der Waals surface area contributed by atoms with Crippen molar-refractivity contribution in [2.45, 2.75) is 6.54 Å². The lowest BCUT2D eigenvalue weighted by Crippen LogP contribution is -2.28. The van der Waals surface area contributed by atoms with Gasteiger partial charge in [0.1, 0.15) is 12.4 Å². The van der Waals surface area contributed by atoms with E-state index in [1.54, 1.807) is 30.3 Å². The molecule has 0 heterocycles. The van der Waals surface area contributed by atoms with Gasteiger partial charge in [0.05, 0.1) is 6.61 Å². The number of rotatable bonds is 6. The fourth-order valence-electron chi connectivity index (χ4n) is 1.86. The van der Waals surface area contributed by atoms with Gasteiger partial charge < -0.3 is 20.5 Å². The molecule has 0 aliphatic carbocycles. The molecule has 6 heteroatoms. The number of amides is 2. The van der Waals surface area contributed by atoms with Crippen molar-refractivity contribution in [3.05, 3.63) is 59.1 Å². The van der Waals surface area contributed by atoms with Crippen LogP contribution in [-0.4, -0.2) is 24.4 Å². The number of aliphatic hydroxyl groups is 1. The minimum atomic E-state index is -0.334. The van der Waals surface area contributed by atoms with Crippen molar-refractivity contribution < 1.29 is 14.6 Å². The number of benzene rings is 2. The lowest BCUT2D eigenvalue weighted by Gasteiger charge is -2.12. The normalized spacial score (nSPS) is 10.1. The molecule has 0 aliphatic heterocycles. The van der Waals surface area contributed by atoms with Crippen molar-refractivity contribution in [1.29, 1.82) is 0 Å². The van der Waals surface area contributed by atoms with Gasteiger partial charge in [-0.2, -0.15) is 0 Å². The Morgan fingerprint density at radius 2 is 2.00 bits per heavy atom. The van der Waals surface area contributed by atoms with Crippen LogP contribution in [0.1, 0.15) is 5.56 Å². The van der Waals surface area contributed by atoms with Crippen LogP contribution in [0.25, 0.3) is 0 Å². The largest absolute Gasteiger partial charge is 0.491 e. The number of aliphatic hydroxyl groups excluding tert-OH is 1. The molecule has 0 unspecified atom stereocenters. The molecule has 0 fully saturated rings. The van der Waals surface area contributed by atoms with Crippen LogP contribution in [0.5, 0.6) is 5.75 Å². The van der Waals surface area contributed by atoms with E-state index in [0.717, 1.165) is 5.56 Å². The quantitative estimate of drug-likeness (QED) is 0.766. The predicted molar refractivity (Wildman–Crippen MR) is 86.3 cm³/mol. The van der Waals surface area contributed by atoms with Gasteiger partial charge in [-0.3, -0.25) is 0 Å². The van der Waals surface area contributed by atoms with Gasteiger partial charge in [-0.25, -0.2) is 4.79 Å². The molecule has 0 radical (unpaired) electrons. The first-order valence-electron chi connectivity index (χ1n) is 6.81. The zero-order chi connectivity index (χ0) is 15.8. The molecule has 5 nitrogen and oxygen atoms in total. The molecule has 2 aromatic carbocycles. The van der Waals surface area contributed by atoms with Crippen LogP contribution >= 0.6 is 11.6 Å². The third kappa shape index (κ3) is 4.95. The molecule has 0 aromatic heterocycles. The van der Waals surface area contributed by atoms with E-state index in [1.165, 1.54) is 0 Å². The summed E-state index contributed by atoms with van der Waals surface area (Å²) in [6, 6.07) is 13.9. The Morgan fingerprint density at radius 3 is 2.77 bits per heavy atom. The number of anilines is 1.